The molecule has 3 N–H and O–H groups in total. The second kappa shape index (κ2) is 4.68. The lowest BCUT2D eigenvalue weighted by atomic mass is 10.3. The molecule has 0 bridgehead atoms. The molecule has 1 rings (SSSR count). The summed E-state index contributed by atoms with van der Waals surface area (Å²) >= 11 is 0. The first-order valence-corrected chi connectivity index (χ1v) is 4.22. The number of hydrogen-bond acceptors (Lipinski definition) is 6. The lowest BCUT2D eigenvalue weighted by Gasteiger charge is -2.08. The number of H-pyrrole nitrogens is 1. The molecule has 0 aliphatic rings. The van der Waals surface area contributed by atoms with Gasteiger partial charge in [0.2, 0.25) is 0 Å². The molecule has 0 aliphatic heterocycles. The number of aliphatic hydroxyl groups is 2. The van der Waals surface area contributed by atoms with Crippen molar-refractivity contribution < 1.29 is 15.1 Å². The fourth-order valence-electron chi connectivity index (χ4n) is 1.05. The van der Waals surface area contributed by atoms with Crippen LogP contribution >= 0.6 is 0 Å². The second-order valence-electron chi connectivity index (χ2n) is 3.02. The molecule has 1 atom stereocenters. The highest BCUT2D eigenvalue weighted by Crippen LogP contribution is 1.99. The third-order valence-corrected chi connectivity index (χ3v) is 1.81. The largest absolute Gasteiger partial charge is 0.394 e. The van der Waals surface area contributed by atoms with Gasteiger partial charge in [0.1, 0.15) is 0 Å². The summed E-state index contributed by atoms with van der Waals surface area (Å²) in [6.07, 6.45) is -0.511. The highest BCUT2D eigenvalue weighted by molar-refractivity contribution is 5.20. The standard InChI is InChI=1S/C7H9N3O6/c11-3-4(12)1-9-2-5(10(15)16)6(13)8-7(9)14/h2,4,11-12H,1,3H2,(H,8,13,14)/t4-/m1/s1. The summed E-state index contributed by atoms with van der Waals surface area (Å²) in [5.74, 6) is 0. The molecule has 9 heteroatoms. The van der Waals surface area contributed by atoms with Crippen LogP contribution in [0.1, 0.15) is 0 Å². The Hall–Kier alpha value is -2.00. The predicted octanol–water partition coefficient (Wildman–Crippen LogP) is -2.20. The number of nitrogens with zero attached hydrogens (tertiary/aromatic N) is 2. The number of rotatable bonds is 4. The zero-order valence-corrected chi connectivity index (χ0v) is 7.99. The van der Waals surface area contributed by atoms with Gasteiger partial charge in [0.05, 0.1) is 30.4 Å². The Morgan fingerprint density at radius 1 is 1.56 bits per heavy atom. The Labute approximate surface area is 87.7 Å². The Morgan fingerprint density at radius 3 is 2.69 bits per heavy atom. The molecule has 0 saturated heterocycles. The van der Waals surface area contributed by atoms with Gasteiger partial charge in [-0.2, -0.15) is 0 Å². The predicted molar refractivity (Wildman–Crippen MR) is 51.1 cm³/mol. The van der Waals surface area contributed by atoms with Crippen molar-refractivity contribution in [2.24, 2.45) is 0 Å². The van der Waals surface area contributed by atoms with Crippen LogP contribution < -0.4 is 11.2 Å². The molecule has 9 nitrogen and oxygen atoms in total. The third-order valence-electron chi connectivity index (χ3n) is 1.81. The number of nitro groups is 1. The van der Waals surface area contributed by atoms with Crippen LogP contribution in [0.2, 0.25) is 0 Å². The average molecular weight is 231 g/mol. The van der Waals surface area contributed by atoms with Gasteiger partial charge in [0.15, 0.2) is 0 Å². The normalized spacial score (nSPS) is 12.4. The van der Waals surface area contributed by atoms with Crippen LogP contribution in [0.15, 0.2) is 15.8 Å². The minimum Gasteiger partial charge on any atom is -0.394 e. The molecule has 1 heterocycles. The fraction of sp³-hybridized carbons (Fsp3) is 0.429. The fourth-order valence-corrected chi connectivity index (χ4v) is 1.05. The van der Waals surface area contributed by atoms with E-state index in [4.69, 9.17) is 10.2 Å². The number of aromatic amines is 1. The van der Waals surface area contributed by atoms with Gasteiger partial charge in [-0.05, 0) is 0 Å². The Balaban J connectivity index is 3.20. The van der Waals surface area contributed by atoms with Gasteiger partial charge >= 0.3 is 16.9 Å². The van der Waals surface area contributed by atoms with Crippen LogP contribution in [0.3, 0.4) is 0 Å². The van der Waals surface area contributed by atoms with Crippen LogP contribution in [-0.2, 0) is 6.54 Å². The van der Waals surface area contributed by atoms with Gasteiger partial charge in [0, 0.05) is 0 Å². The van der Waals surface area contributed by atoms with Crippen LogP contribution in [0.4, 0.5) is 5.69 Å². The van der Waals surface area contributed by atoms with E-state index in [2.05, 4.69) is 0 Å². The van der Waals surface area contributed by atoms with E-state index in [1.165, 1.54) is 0 Å². The van der Waals surface area contributed by atoms with E-state index in [1.54, 1.807) is 4.98 Å². The zero-order valence-electron chi connectivity index (χ0n) is 7.99. The molecule has 0 unspecified atom stereocenters. The van der Waals surface area contributed by atoms with Crippen molar-refractivity contribution in [1.82, 2.24) is 9.55 Å². The molecule has 16 heavy (non-hydrogen) atoms. The van der Waals surface area contributed by atoms with E-state index in [0.717, 1.165) is 10.8 Å². The Kier molecular flexibility index (Phi) is 3.53. The first-order valence-electron chi connectivity index (χ1n) is 4.22. The van der Waals surface area contributed by atoms with E-state index in [9.17, 15) is 19.7 Å². The van der Waals surface area contributed by atoms with E-state index >= 15 is 0 Å². The maximum atomic E-state index is 11.2. The van der Waals surface area contributed by atoms with Gasteiger partial charge in [-0.1, -0.05) is 0 Å². The summed E-state index contributed by atoms with van der Waals surface area (Å²) in [4.78, 5) is 33.3. The summed E-state index contributed by atoms with van der Waals surface area (Å²) in [6, 6.07) is 0. The van der Waals surface area contributed by atoms with Crippen molar-refractivity contribution >= 4 is 5.69 Å². The van der Waals surface area contributed by atoms with E-state index in [0.29, 0.717) is 0 Å². The van der Waals surface area contributed by atoms with Gasteiger partial charge in [-0.3, -0.25) is 24.5 Å². The second-order valence-corrected chi connectivity index (χ2v) is 3.02. The maximum absolute atomic E-state index is 11.2. The zero-order chi connectivity index (χ0) is 12.3. The maximum Gasteiger partial charge on any atom is 0.350 e. The molecule has 0 aromatic carbocycles. The van der Waals surface area contributed by atoms with Gasteiger partial charge in [-0.25, -0.2) is 4.79 Å². The smallest absolute Gasteiger partial charge is 0.350 e. The van der Waals surface area contributed by atoms with E-state index in [1.807, 2.05) is 0 Å². The quantitative estimate of drug-likeness (QED) is 0.397. The lowest BCUT2D eigenvalue weighted by molar-refractivity contribution is -0.386. The molecular weight excluding hydrogens is 222 g/mol. The van der Waals surface area contributed by atoms with Crippen molar-refractivity contribution in [3.63, 3.8) is 0 Å². The number of aliphatic hydroxyl groups excluding tert-OH is 2. The minimum atomic E-state index is -1.23. The van der Waals surface area contributed by atoms with E-state index in [-0.39, 0.29) is 6.54 Å². The SMILES string of the molecule is O=c1[nH]c(=O)n(C[C@@H](O)CO)cc1[N+](=O)[O-]. The highest BCUT2D eigenvalue weighted by Gasteiger charge is 2.16. The number of hydrogen-bond donors (Lipinski definition) is 3. The molecule has 0 fully saturated rings. The first kappa shape index (κ1) is 12.1. The van der Waals surface area contributed by atoms with Gasteiger partial charge in [-0.15, -0.1) is 0 Å². The number of aromatic nitrogens is 2. The molecule has 0 aliphatic carbocycles. The summed E-state index contributed by atoms with van der Waals surface area (Å²) in [6.45, 7) is -0.938. The van der Waals surface area contributed by atoms with Gasteiger partial charge in [0.25, 0.3) is 0 Å². The lowest BCUT2D eigenvalue weighted by Crippen LogP contribution is -2.34. The molecule has 0 radical (unpaired) electrons. The van der Waals surface area contributed by atoms with Crippen molar-refractivity contribution in [1.29, 1.82) is 0 Å². The third kappa shape index (κ3) is 2.52. The Morgan fingerprint density at radius 2 is 2.19 bits per heavy atom. The number of nitrogens with one attached hydrogen (secondary N) is 1. The molecule has 0 saturated carbocycles. The summed E-state index contributed by atoms with van der Waals surface area (Å²) in [5, 5.41) is 28.0. The summed E-state index contributed by atoms with van der Waals surface area (Å²) < 4.78 is 0.750. The molecular formula is C7H9N3O6. The summed E-state index contributed by atoms with van der Waals surface area (Å²) in [5.41, 5.74) is -2.79. The molecule has 1 aromatic heterocycles. The highest BCUT2D eigenvalue weighted by atomic mass is 16.6. The molecule has 1 aromatic rings. The van der Waals surface area contributed by atoms with Crippen LogP contribution in [0.5, 0.6) is 0 Å². The monoisotopic (exact) mass is 231 g/mol. The van der Waals surface area contributed by atoms with Crippen LogP contribution in [0, 0.1) is 10.1 Å². The van der Waals surface area contributed by atoms with Crippen molar-refractivity contribution in [3.05, 3.63) is 37.1 Å². The molecule has 88 valence electrons. The van der Waals surface area contributed by atoms with Gasteiger partial charge < -0.3 is 10.2 Å². The van der Waals surface area contributed by atoms with Crippen LogP contribution in [0.25, 0.3) is 0 Å². The van der Waals surface area contributed by atoms with Crippen molar-refractivity contribution in [2.75, 3.05) is 6.61 Å². The molecule has 0 spiro atoms. The molecule has 0 amide bonds. The minimum absolute atomic E-state index is 0.340. The Bertz CT molecular complexity index is 504. The van der Waals surface area contributed by atoms with E-state index < -0.39 is 34.6 Å². The average Bonchev–Trinajstić information content (AvgIpc) is 2.21. The first-order chi connectivity index (χ1) is 7.45. The van der Waals surface area contributed by atoms with Crippen LogP contribution in [-0.4, -0.2) is 37.4 Å². The van der Waals surface area contributed by atoms with Crippen molar-refractivity contribution in [3.8, 4) is 0 Å². The topological polar surface area (TPSA) is 138 Å². The summed E-state index contributed by atoms with van der Waals surface area (Å²) in [7, 11) is 0. The van der Waals surface area contributed by atoms with Crippen molar-refractivity contribution in [2.45, 2.75) is 12.6 Å².